The summed E-state index contributed by atoms with van der Waals surface area (Å²) in [5.74, 6) is -0.151. The van der Waals surface area contributed by atoms with Gasteiger partial charge in [0.1, 0.15) is 0 Å². The number of benzene rings is 2. The molecule has 0 aliphatic rings. The van der Waals surface area contributed by atoms with E-state index < -0.39 is 0 Å². The van der Waals surface area contributed by atoms with Crippen molar-refractivity contribution < 1.29 is 9.59 Å². The number of aryl methyl sites for hydroxylation is 2. The number of nitrogens with zero attached hydrogens (tertiary/aromatic N) is 2. The highest BCUT2D eigenvalue weighted by Gasteiger charge is 2.16. The first kappa shape index (κ1) is 22.5. The number of hydrogen-bond acceptors (Lipinski definition) is 3. The summed E-state index contributed by atoms with van der Waals surface area (Å²) in [7, 11) is 0. The minimum atomic E-state index is -0.0936. The smallest absolute Gasteiger partial charge is 0.226 e. The van der Waals surface area contributed by atoms with Crippen molar-refractivity contribution in [1.29, 1.82) is 0 Å². The van der Waals surface area contributed by atoms with Gasteiger partial charge >= 0.3 is 0 Å². The Morgan fingerprint density at radius 3 is 2.28 bits per heavy atom. The molecule has 0 spiro atoms. The number of nitrogens with one attached hydrogen (secondary N) is 1. The molecule has 0 fully saturated rings. The van der Waals surface area contributed by atoms with Gasteiger partial charge in [0, 0.05) is 50.0 Å². The number of carbonyl (C=O) groups excluding carboxylic acids is 2. The van der Waals surface area contributed by atoms with E-state index in [0.29, 0.717) is 6.54 Å². The molecule has 29 heavy (non-hydrogen) atoms. The number of amides is 2. The number of carbonyl (C=O) groups is 2. The van der Waals surface area contributed by atoms with Gasteiger partial charge in [-0.05, 0) is 62.6 Å². The summed E-state index contributed by atoms with van der Waals surface area (Å²) < 4.78 is 0. The second-order valence-electron chi connectivity index (χ2n) is 7.12. The van der Waals surface area contributed by atoms with Gasteiger partial charge < -0.3 is 15.1 Å². The molecular weight excluding hydrogens is 362 g/mol. The second kappa shape index (κ2) is 10.6. The lowest BCUT2D eigenvalue weighted by Crippen LogP contribution is -2.32. The summed E-state index contributed by atoms with van der Waals surface area (Å²) in [6, 6.07) is 13.9. The molecule has 5 nitrogen and oxygen atoms in total. The summed E-state index contributed by atoms with van der Waals surface area (Å²) in [6.45, 7) is 12.1. The zero-order chi connectivity index (χ0) is 21.4. The maximum atomic E-state index is 12.5. The predicted molar refractivity (Wildman–Crippen MR) is 122 cm³/mol. The Kier molecular flexibility index (Phi) is 8.25. The molecule has 156 valence electrons. The van der Waals surface area contributed by atoms with Gasteiger partial charge in [-0.15, -0.1) is 0 Å². The Morgan fingerprint density at radius 2 is 1.69 bits per heavy atom. The predicted octanol–water partition coefficient (Wildman–Crippen LogP) is 4.79. The van der Waals surface area contributed by atoms with Gasteiger partial charge in [-0.25, -0.2) is 0 Å². The van der Waals surface area contributed by atoms with E-state index in [9.17, 15) is 9.59 Å². The Bertz CT molecular complexity index is 844. The Morgan fingerprint density at radius 1 is 1.00 bits per heavy atom. The lowest BCUT2D eigenvalue weighted by molar-refractivity contribution is -0.117. The van der Waals surface area contributed by atoms with Gasteiger partial charge in [-0.3, -0.25) is 9.59 Å². The van der Waals surface area contributed by atoms with Crippen LogP contribution in [0.5, 0.6) is 0 Å². The fraction of sp³-hybridized carbons (Fsp3) is 0.417. The average molecular weight is 396 g/mol. The summed E-state index contributed by atoms with van der Waals surface area (Å²) in [6.07, 6.45) is 1.08. The highest BCUT2D eigenvalue weighted by molar-refractivity contribution is 5.95. The van der Waals surface area contributed by atoms with Gasteiger partial charge in [0.2, 0.25) is 11.8 Å². The molecule has 0 aliphatic heterocycles. The zero-order valence-electron chi connectivity index (χ0n) is 18.3. The summed E-state index contributed by atoms with van der Waals surface area (Å²) >= 11 is 0. The molecule has 2 rings (SSSR count). The molecule has 2 aromatic rings. The molecule has 0 aromatic heterocycles. The number of anilines is 3. The molecule has 0 saturated carbocycles. The maximum absolute atomic E-state index is 12.5. The van der Waals surface area contributed by atoms with Crippen molar-refractivity contribution >= 4 is 28.9 Å². The van der Waals surface area contributed by atoms with Crippen molar-refractivity contribution in [3.63, 3.8) is 0 Å². The van der Waals surface area contributed by atoms with Crippen LogP contribution < -0.4 is 15.1 Å². The minimum absolute atomic E-state index is 0.0570. The first-order chi connectivity index (χ1) is 13.9. The van der Waals surface area contributed by atoms with Crippen molar-refractivity contribution in [2.45, 2.75) is 47.5 Å². The number of para-hydroxylation sites is 1. The maximum Gasteiger partial charge on any atom is 0.226 e. The fourth-order valence-corrected chi connectivity index (χ4v) is 3.52. The lowest BCUT2D eigenvalue weighted by atomic mass is 10.1. The molecule has 0 aliphatic carbocycles. The molecule has 0 bridgehead atoms. The first-order valence-electron chi connectivity index (χ1n) is 10.4. The molecule has 0 heterocycles. The summed E-state index contributed by atoms with van der Waals surface area (Å²) in [4.78, 5) is 28.7. The van der Waals surface area contributed by atoms with E-state index in [4.69, 9.17) is 0 Å². The van der Waals surface area contributed by atoms with Crippen LogP contribution in [0.25, 0.3) is 0 Å². The Labute approximate surface area is 174 Å². The van der Waals surface area contributed by atoms with Crippen LogP contribution in [0, 0.1) is 6.92 Å². The van der Waals surface area contributed by atoms with Gasteiger partial charge in [0.15, 0.2) is 0 Å². The molecule has 1 N–H and O–H groups in total. The SMILES string of the molecule is CCc1ccccc1N(CCC(=O)Nc1ccc(N(CC)CC)cc1C)C(C)=O. The molecule has 2 aromatic carbocycles. The van der Waals surface area contributed by atoms with E-state index in [1.807, 2.05) is 43.3 Å². The summed E-state index contributed by atoms with van der Waals surface area (Å²) in [5, 5.41) is 2.99. The van der Waals surface area contributed by atoms with Crippen molar-refractivity contribution in [3.8, 4) is 0 Å². The van der Waals surface area contributed by atoms with Crippen molar-refractivity contribution in [2.75, 3.05) is 34.8 Å². The monoisotopic (exact) mass is 395 g/mol. The quantitative estimate of drug-likeness (QED) is 0.664. The molecular formula is C24H33N3O2. The third kappa shape index (κ3) is 5.83. The standard InChI is InChI=1S/C24H33N3O2/c1-6-20-11-9-10-12-23(20)27(19(5)28)16-15-24(29)25-22-14-13-21(17-18(22)4)26(7-2)8-3/h9-14,17H,6-8,15-16H2,1-5H3,(H,25,29). The van der Waals surface area contributed by atoms with Crippen LogP contribution in [0.3, 0.4) is 0 Å². The largest absolute Gasteiger partial charge is 0.372 e. The Balaban J connectivity index is 2.05. The second-order valence-corrected chi connectivity index (χ2v) is 7.12. The van der Waals surface area contributed by atoms with Crippen LogP contribution in [0.1, 0.15) is 45.2 Å². The highest BCUT2D eigenvalue weighted by Crippen LogP contribution is 2.24. The molecule has 0 atom stereocenters. The van der Waals surface area contributed by atoms with E-state index in [1.165, 1.54) is 0 Å². The van der Waals surface area contributed by atoms with Gasteiger partial charge in [0.25, 0.3) is 0 Å². The minimum Gasteiger partial charge on any atom is -0.372 e. The average Bonchev–Trinajstić information content (AvgIpc) is 2.71. The van der Waals surface area contributed by atoms with Gasteiger partial charge in [-0.2, -0.15) is 0 Å². The van der Waals surface area contributed by atoms with Crippen LogP contribution >= 0.6 is 0 Å². The zero-order valence-corrected chi connectivity index (χ0v) is 18.3. The van der Waals surface area contributed by atoms with E-state index in [2.05, 4.69) is 37.1 Å². The lowest BCUT2D eigenvalue weighted by Gasteiger charge is -2.24. The van der Waals surface area contributed by atoms with Gasteiger partial charge in [0.05, 0.1) is 0 Å². The normalized spacial score (nSPS) is 10.5. The van der Waals surface area contributed by atoms with Crippen LogP contribution in [0.2, 0.25) is 0 Å². The molecule has 0 saturated heterocycles. The van der Waals surface area contributed by atoms with E-state index in [1.54, 1.807) is 11.8 Å². The summed E-state index contributed by atoms with van der Waals surface area (Å²) in [5.41, 5.74) is 4.99. The first-order valence-corrected chi connectivity index (χ1v) is 10.4. The van der Waals surface area contributed by atoms with Crippen LogP contribution in [-0.2, 0) is 16.0 Å². The molecule has 0 unspecified atom stereocenters. The number of rotatable bonds is 9. The Hall–Kier alpha value is -2.82. The molecule has 0 radical (unpaired) electrons. The van der Waals surface area contributed by atoms with E-state index >= 15 is 0 Å². The van der Waals surface area contributed by atoms with Crippen LogP contribution in [-0.4, -0.2) is 31.4 Å². The van der Waals surface area contributed by atoms with Crippen molar-refractivity contribution in [3.05, 3.63) is 53.6 Å². The van der Waals surface area contributed by atoms with Crippen LogP contribution in [0.15, 0.2) is 42.5 Å². The number of hydrogen-bond donors (Lipinski definition) is 1. The van der Waals surface area contributed by atoms with E-state index in [-0.39, 0.29) is 18.2 Å². The van der Waals surface area contributed by atoms with Crippen molar-refractivity contribution in [1.82, 2.24) is 0 Å². The van der Waals surface area contributed by atoms with E-state index in [0.717, 1.165) is 47.7 Å². The van der Waals surface area contributed by atoms with Crippen LogP contribution in [0.4, 0.5) is 17.1 Å². The van der Waals surface area contributed by atoms with Gasteiger partial charge in [-0.1, -0.05) is 25.1 Å². The molecule has 5 heteroatoms. The van der Waals surface area contributed by atoms with Crippen molar-refractivity contribution in [2.24, 2.45) is 0 Å². The molecule has 2 amide bonds. The highest BCUT2D eigenvalue weighted by atomic mass is 16.2. The fourth-order valence-electron chi connectivity index (χ4n) is 3.52. The third-order valence-corrected chi connectivity index (χ3v) is 5.22. The topological polar surface area (TPSA) is 52.7 Å². The third-order valence-electron chi connectivity index (χ3n) is 5.22.